The van der Waals surface area contributed by atoms with E-state index in [0.29, 0.717) is 0 Å². The summed E-state index contributed by atoms with van der Waals surface area (Å²) in [7, 11) is 0. The lowest BCUT2D eigenvalue weighted by atomic mass is 9.95. The fourth-order valence-corrected chi connectivity index (χ4v) is 1.68. The molecule has 1 N–H and O–H groups in total. The Hall–Kier alpha value is -2.09. The zero-order chi connectivity index (χ0) is 12.1. The van der Waals surface area contributed by atoms with Gasteiger partial charge in [0.05, 0.1) is 0 Å². The first kappa shape index (κ1) is 11.4. The lowest BCUT2D eigenvalue weighted by Gasteiger charge is -2.08. The van der Waals surface area contributed by atoms with Crippen molar-refractivity contribution in [3.63, 3.8) is 0 Å². The molecule has 2 nitrogen and oxygen atoms in total. The van der Waals surface area contributed by atoms with Crippen LogP contribution < -0.4 is 0 Å². The van der Waals surface area contributed by atoms with E-state index in [2.05, 4.69) is 0 Å². The van der Waals surface area contributed by atoms with Gasteiger partial charge in [-0.05, 0) is 30.2 Å². The Morgan fingerprint density at radius 1 is 1.24 bits per heavy atom. The second-order valence-electron chi connectivity index (χ2n) is 3.98. The summed E-state index contributed by atoms with van der Waals surface area (Å²) in [5, 5.41) is 9.13. The van der Waals surface area contributed by atoms with E-state index >= 15 is 0 Å². The molecule has 0 aromatic heterocycles. The van der Waals surface area contributed by atoms with E-state index in [-0.39, 0.29) is 17.5 Å². The number of hydrogen-bond donors (Lipinski definition) is 1. The number of hydrogen-bond acceptors (Lipinski definition) is 2. The van der Waals surface area contributed by atoms with E-state index in [1.807, 2.05) is 24.3 Å². The summed E-state index contributed by atoms with van der Waals surface area (Å²) >= 11 is 0. The zero-order valence-electron chi connectivity index (χ0n) is 9.41. The molecule has 2 rings (SSSR count). The molecule has 86 valence electrons. The summed E-state index contributed by atoms with van der Waals surface area (Å²) in [6, 6.07) is 6.76. The number of aromatic hydroxyl groups is 1. The van der Waals surface area contributed by atoms with Gasteiger partial charge in [-0.2, -0.15) is 0 Å². The molecule has 1 aromatic rings. The van der Waals surface area contributed by atoms with E-state index < -0.39 is 0 Å². The Balaban J connectivity index is 2.00. The Morgan fingerprint density at radius 3 is 2.65 bits per heavy atom. The Labute approximate surface area is 101 Å². The zero-order valence-corrected chi connectivity index (χ0v) is 9.41. The van der Waals surface area contributed by atoms with Gasteiger partial charge in [-0.25, -0.2) is 0 Å². The molecule has 1 aliphatic rings. The van der Waals surface area contributed by atoms with Gasteiger partial charge in [0.25, 0.3) is 0 Å². The summed E-state index contributed by atoms with van der Waals surface area (Å²) in [5.74, 6) is 0.306. The maximum Gasteiger partial charge on any atom is 0.162 e. The third-order valence-corrected chi connectivity index (χ3v) is 2.68. The van der Waals surface area contributed by atoms with Crippen LogP contribution in [0.3, 0.4) is 0 Å². The second kappa shape index (κ2) is 5.30. The summed E-state index contributed by atoms with van der Waals surface area (Å²) in [4.78, 5) is 11.8. The fraction of sp³-hybridized carbons (Fsp3) is 0.133. The van der Waals surface area contributed by atoms with Crippen molar-refractivity contribution in [2.45, 2.75) is 6.42 Å². The number of phenolic OH excluding ortho intramolecular Hbond substituents is 1. The molecule has 1 atom stereocenters. The SMILES string of the molecule is O=C(/C=C/c1ccc(O)cc1)C1C=CC=CC1. The van der Waals surface area contributed by atoms with Crippen molar-refractivity contribution in [2.24, 2.45) is 5.92 Å². The van der Waals surface area contributed by atoms with Gasteiger partial charge in [-0.3, -0.25) is 4.79 Å². The van der Waals surface area contributed by atoms with Gasteiger partial charge in [-0.15, -0.1) is 0 Å². The van der Waals surface area contributed by atoms with Gasteiger partial charge in [0.2, 0.25) is 0 Å². The largest absolute Gasteiger partial charge is 0.508 e. The van der Waals surface area contributed by atoms with Crippen LogP contribution in [-0.2, 0) is 4.79 Å². The number of phenols is 1. The second-order valence-corrected chi connectivity index (χ2v) is 3.98. The fourth-order valence-electron chi connectivity index (χ4n) is 1.68. The van der Waals surface area contributed by atoms with Crippen molar-refractivity contribution >= 4 is 11.9 Å². The van der Waals surface area contributed by atoms with Crippen molar-refractivity contribution in [1.29, 1.82) is 0 Å². The van der Waals surface area contributed by atoms with E-state index in [9.17, 15) is 4.79 Å². The van der Waals surface area contributed by atoms with Crippen LogP contribution in [0.4, 0.5) is 0 Å². The third-order valence-electron chi connectivity index (χ3n) is 2.68. The van der Waals surface area contributed by atoms with E-state index in [4.69, 9.17) is 5.11 Å². The molecule has 1 unspecified atom stereocenters. The summed E-state index contributed by atoms with van der Waals surface area (Å²) < 4.78 is 0. The summed E-state index contributed by atoms with van der Waals surface area (Å²) in [6.07, 6.45) is 11.9. The number of ketones is 1. The van der Waals surface area contributed by atoms with Crippen LogP contribution in [0.1, 0.15) is 12.0 Å². The van der Waals surface area contributed by atoms with Crippen LogP contribution >= 0.6 is 0 Å². The predicted octanol–water partition coefficient (Wildman–Crippen LogP) is 3.11. The Kier molecular flexibility index (Phi) is 3.55. The molecular formula is C15H14O2. The van der Waals surface area contributed by atoms with E-state index in [1.165, 1.54) is 0 Å². The van der Waals surface area contributed by atoms with Crippen molar-refractivity contribution in [3.05, 3.63) is 60.2 Å². The van der Waals surface area contributed by atoms with Crippen LogP contribution in [0, 0.1) is 5.92 Å². The van der Waals surface area contributed by atoms with Crippen molar-refractivity contribution in [1.82, 2.24) is 0 Å². The summed E-state index contributed by atoms with van der Waals surface area (Å²) in [6.45, 7) is 0. The molecule has 0 bridgehead atoms. The number of benzene rings is 1. The molecule has 0 radical (unpaired) electrons. The molecule has 0 saturated carbocycles. The van der Waals surface area contributed by atoms with E-state index in [1.54, 1.807) is 36.4 Å². The lowest BCUT2D eigenvalue weighted by molar-refractivity contribution is -0.116. The predicted molar refractivity (Wildman–Crippen MR) is 68.5 cm³/mol. The molecule has 0 spiro atoms. The molecular weight excluding hydrogens is 212 g/mol. The first-order valence-electron chi connectivity index (χ1n) is 5.60. The molecule has 0 heterocycles. The topological polar surface area (TPSA) is 37.3 Å². The van der Waals surface area contributed by atoms with Gasteiger partial charge < -0.3 is 5.11 Å². The van der Waals surface area contributed by atoms with Crippen LogP contribution in [-0.4, -0.2) is 10.9 Å². The van der Waals surface area contributed by atoms with Gasteiger partial charge in [-0.1, -0.05) is 42.5 Å². The average Bonchev–Trinajstić information content (AvgIpc) is 2.39. The lowest BCUT2D eigenvalue weighted by Crippen LogP contribution is -2.09. The normalized spacial score (nSPS) is 18.7. The molecule has 1 aromatic carbocycles. The van der Waals surface area contributed by atoms with Crippen LogP contribution in [0.25, 0.3) is 6.08 Å². The standard InChI is InChI=1S/C15H14O2/c16-14-9-6-12(7-10-14)8-11-15(17)13-4-2-1-3-5-13/h1-4,6-11,13,16H,5H2/b11-8+. The smallest absolute Gasteiger partial charge is 0.162 e. The summed E-state index contributed by atoms with van der Waals surface area (Å²) in [5.41, 5.74) is 0.909. The van der Waals surface area contributed by atoms with E-state index in [0.717, 1.165) is 12.0 Å². The van der Waals surface area contributed by atoms with Crippen LogP contribution in [0.5, 0.6) is 5.75 Å². The quantitative estimate of drug-likeness (QED) is 0.804. The first-order chi connectivity index (χ1) is 8.25. The van der Waals surface area contributed by atoms with Crippen molar-refractivity contribution in [2.75, 3.05) is 0 Å². The van der Waals surface area contributed by atoms with Crippen LogP contribution in [0.2, 0.25) is 0 Å². The molecule has 0 fully saturated rings. The molecule has 1 aliphatic carbocycles. The maximum absolute atomic E-state index is 11.8. The maximum atomic E-state index is 11.8. The third kappa shape index (κ3) is 3.18. The molecule has 0 saturated heterocycles. The van der Waals surface area contributed by atoms with Crippen molar-refractivity contribution < 1.29 is 9.90 Å². The van der Waals surface area contributed by atoms with Crippen LogP contribution in [0.15, 0.2) is 54.6 Å². The minimum atomic E-state index is -0.0339. The molecule has 2 heteroatoms. The van der Waals surface area contributed by atoms with Gasteiger partial charge in [0, 0.05) is 5.92 Å². The van der Waals surface area contributed by atoms with Gasteiger partial charge in [0.1, 0.15) is 5.75 Å². The molecule has 17 heavy (non-hydrogen) atoms. The number of carbonyl (C=O) groups is 1. The minimum Gasteiger partial charge on any atom is -0.508 e. The number of carbonyl (C=O) groups excluding carboxylic acids is 1. The molecule has 0 aliphatic heterocycles. The molecule has 0 amide bonds. The Morgan fingerprint density at radius 2 is 2.00 bits per heavy atom. The highest BCUT2D eigenvalue weighted by molar-refractivity contribution is 5.96. The Bertz CT molecular complexity index is 478. The highest BCUT2D eigenvalue weighted by Crippen LogP contribution is 2.15. The van der Waals surface area contributed by atoms with Gasteiger partial charge >= 0.3 is 0 Å². The highest BCUT2D eigenvalue weighted by Gasteiger charge is 2.11. The number of allylic oxidation sites excluding steroid dienone is 5. The monoisotopic (exact) mass is 226 g/mol. The van der Waals surface area contributed by atoms with Gasteiger partial charge in [0.15, 0.2) is 5.78 Å². The highest BCUT2D eigenvalue weighted by atomic mass is 16.3. The first-order valence-corrected chi connectivity index (χ1v) is 5.60. The minimum absolute atomic E-state index is 0.0339. The average molecular weight is 226 g/mol. The number of rotatable bonds is 3. The van der Waals surface area contributed by atoms with Crippen molar-refractivity contribution in [3.8, 4) is 5.75 Å².